The van der Waals surface area contributed by atoms with Crippen LogP contribution in [0.3, 0.4) is 0 Å². The molecule has 6 heteroatoms. The first-order chi connectivity index (χ1) is 7.26. The number of aryl methyl sites for hydroxylation is 1. The number of nitrogens with zero attached hydrogens (tertiary/aromatic N) is 4. The fourth-order valence-corrected chi connectivity index (χ4v) is 1.81. The summed E-state index contributed by atoms with van der Waals surface area (Å²) in [6.45, 7) is 3.47. The summed E-state index contributed by atoms with van der Waals surface area (Å²) in [5.74, 6) is 0. The van der Waals surface area contributed by atoms with Gasteiger partial charge in [0.2, 0.25) is 0 Å². The summed E-state index contributed by atoms with van der Waals surface area (Å²) in [4.78, 5) is 2.28. The Morgan fingerprint density at radius 1 is 1.53 bits per heavy atom. The lowest BCUT2D eigenvalue weighted by molar-refractivity contribution is 0.147. The van der Waals surface area contributed by atoms with Crippen LogP contribution in [0, 0.1) is 0 Å². The van der Waals surface area contributed by atoms with E-state index in [-0.39, 0.29) is 0 Å². The van der Waals surface area contributed by atoms with Gasteiger partial charge in [-0.25, -0.2) is 0 Å². The van der Waals surface area contributed by atoms with Crippen LogP contribution in [-0.2, 0) is 18.3 Å². The molecular weight excluding hydrogens is 260 g/mol. The maximum absolute atomic E-state index is 5.06. The van der Waals surface area contributed by atoms with E-state index in [2.05, 4.69) is 31.1 Å². The number of hydrogen-bond donors (Lipinski definition) is 0. The van der Waals surface area contributed by atoms with Crippen LogP contribution >= 0.6 is 15.9 Å². The van der Waals surface area contributed by atoms with Gasteiger partial charge in [-0.1, -0.05) is 21.1 Å². The van der Waals surface area contributed by atoms with Gasteiger partial charge in [0, 0.05) is 45.3 Å². The number of methoxy groups -OCH3 is 1. The summed E-state index contributed by atoms with van der Waals surface area (Å²) < 4.78 is 6.78. The SMILES string of the molecule is COCCN(CCBr)Cc1cn(C)nn1. The third-order valence-electron chi connectivity index (χ3n) is 2.05. The van der Waals surface area contributed by atoms with Crippen molar-refractivity contribution in [2.24, 2.45) is 7.05 Å². The molecule has 0 aliphatic carbocycles. The molecule has 1 rings (SSSR count). The lowest BCUT2D eigenvalue weighted by atomic mass is 10.4. The fraction of sp³-hybridized carbons (Fsp3) is 0.778. The number of ether oxygens (including phenoxy) is 1. The summed E-state index contributed by atoms with van der Waals surface area (Å²) in [5, 5.41) is 8.92. The van der Waals surface area contributed by atoms with Crippen molar-refractivity contribution in [3.8, 4) is 0 Å². The Labute approximate surface area is 98.5 Å². The van der Waals surface area contributed by atoms with Crippen molar-refractivity contribution < 1.29 is 4.74 Å². The van der Waals surface area contributed by atoms with Gasteiger partial charge in [-0.05, 0) is 0 Å². The van der Waals surface area contributed by atoms with Gasteiger partial charge in [0.1, 0.15) is 0 Å². The zero-order chi connectivity index (χ0) is 11.1. The molecule has 5 nitrogen and oxygen atoms in total. The maximum Gasteiger partial charge on any atom is 0.0967 e. The highest BCUT2D eigenvalue weighted by Gasteiger charge is 2.07. The molecule has 0 N–H and O–H groups in total. The summed E-state index contributed by atoms with van der Waals surface area (Å²) >= 11 is 3.44. The molecule has 0 aliphatic rings. The second-order valence-corrected chi connectivity index (χ2v) is 4.13. The molecule has 1 aromatic heterocycles. The zero-order valence-electron chi connectivity index (χ0n) is 9.19. The van der Waals surface area contributed by atoms with E-state index in [0.29, 0.717) is 0 Å². The van der Waals surface area contributed by atoms with Crippen molar-refractivity contribution >= 4 is 15.9 Å². The largest absolute Gasteiger partial charge is 0.383 e. The molecule has 0 aliphatic heterocycles. The topological polar surface area (TPSA) is 43.2 Å². The smallest absolute Gasteiger partial charge is 0.0967 e. The Balaban J connectivity index is 2.42. The summed E-state index contributed by atoms with van der Waals surface area (Å²) in [6.07, 6.45) is 1.94. The molecule has 0 aromatic carbocycles. The maximum atomic E-state index is 5.06. The van der Waals surface area contributed by atoms with Gasteiger partial charge in [-0.15, -0.1) is 5.10 Å². The van der Waals surface area contributed by atoms with E-state index in [0.717, 1.165) is 37.3 Å². The van der Waals surface area contributed by atoms with Gasteiger partial charge < -0.3 is 4.74 Å². The second-order valence-electron chi connectivity index (χ2n) is 3.34. The van der Waals surface area contributed by atoms with Gasteiger partial charge in [-0.2, -0.15) is 0 Å². The normalized spacial score (nSPS) is 11.2. The summed E-state index contributed by atoms with van der Waals surface area (Å²) in [7, 11) is 3.59. The van der Waals surface area contributed by atoms with Crippen molar-refractivity contribution in [3.05, 3.63) is 11.9 Å². The Bertz CT molecular complexity index is 279. The Hall–Kier alpha value is -0.460. The molecule has 0 atom stereocenters. The molecule has 0 saturated carbocycles. The monoisotopic (exact) mass is 276 g/mol. The van der Waals surface area contributed by atoms with Crippen LogP contribution in [-0.4, -0.2) is 52.0 Å². The van der Waals surface area contributed by atoms with Crippen LogP contribution in [0.2, 0.25) is 0 Å². The lowest BCUT2D eigenvalue weighted by Crippen LogP contribution is -2.29. The molecule has 0 saturated heterocycles. The van der Waals surface area contributed by atoms with E-state index >= 15 is 0 Å². The van der Waals surface area contributed by atoms with Gasteiger partial charge in [-0.3, -0.25) is 9.58 Å². The van der Waals surface area contributed by atoms with Gasteiger partial charge >= 0.3 is 0 Å². The highest BCUT2D eigenvalue weighted by molar-refractivity contribution is 9.09. The van der Waals surface area contributed by atoms with Crippen molar-refractivity contribution in [1.82, 2.24) is 19.9 Å². The van der Waals surface area contributed by atoms with E-state index in [1.807, 2.05) is 13.2 Å². The van der Waals surface area contributed by atoms with Crippen molar-refractivity contribution in [1.29, 1.82) is 0 Å². The molecule has 0 amide bonds. The van der Waals surface area contributed by atoms with Crippen molar-refractivity contribution in [3.63, 3.8) is 0 Å². The fourth-order valence-electron chi connectivity index (χ4n) is 1.31. The molecule has 1 heterocycles. The van der Waals surface area contributed by atoms with E-state index in [9.17, 15) is 0 Å². The first kappa shape index (κ1) is 12.6. The second kappa shape index (κ2) is 6.92. The average molecular weight is 277 g/mol. The lowest BCUT2D eigenvalue weighted by Gasteiger charge is -2.19. The first-order valence-electron chi connectivity index (χ1n) is 4.88. The standard InChI is InChI=1S/C9H17BrN4O/c1-13-7-9(11-12-13)8-14(4-3-10)5-6-15-2/h7H,3-6,8H2,1-2H3. The van der Waals surface area contributed by atoms with Crippen molar-refractivity contribution in [2.75, 3.05) is 32.1 Å². The molecule has 0 radical (unpaired) electrons. The summed E-state index contributed by atoms with van der Waals surface area (Å²) in [6, 6.07) is 0. The zero-order valence-corrected chi connectivity index (χ0v) is 10.8. The van der Waals surface area contributed by atoms with Gasteiger partial charge in [0.15, 0.2) is 0 Å². The number of rotatable bonds is 7. The van der Waals surface area contributed by atoms with Crippen LogP contribution in [0.1, 0.15) is 5.69 Å². The Kier molecular flexibility index (Phi) is 5.82. The van der Waals surface area contributed by atoms with E-state index in [4.69, 9.17) is 4.74 Å². The average Bonchev–Trinajstić information content (AvgIpc) is 2.61. The molecule has 0 fully saturated rings. The van der Waals surface area contributed by atoms with Crippen LogP contribution in [0.25, 0.3) is 0 Å². The third kappa shape index (κ3) is 4.72. The highest BCUT2D eigenvalue weighted by atomic mass is 79.9. The van der Waals surface area contributed by atoms with Gasteiger partial charge in [0.25, 0.3) is 0 Å². The number of halogens is 1. The molecule has 0 unspecified atom stereocenters. The molecule has 15 heavy (non-hydrogen) atoms. The molecule has 1 aromatic rings. The third-order valence-corrected chi connectivity index (χ3v) is 2.40. The van der Waals surface area contributed by atoms with E-state index in [1.54, 1.807) is 11.8 Å². The number of aromatic nitrogens is 3. The molecule has 86 valence electrons. The molecular formula is C9H17BrN4O. The molecule has 0 spiro atoms. The van der Waals surface area contributed by atoms with Crippen LogP contribution < -0.4 is 0 Å². The van der Waals surface area contributed by atoms with E-state index in [1.165, 1.54) is 0 Å². The number of alkyl halides is 1. The van der Waals surface area contributed by atoms with Gasteiger partial charge in [0.05, 0.1) is 12.3 Å². The highest BCUT2D eigenvalue weighted by Crippen LogP contribution is 2.00. The van der Waals surface area contributed by atoms with Crippen LogP contribution in [0.4, 0.5) is 0 Å². The number of hydrogen-bond acceptors (Lipinski definition) is 4. The minimum Gasteiger partial charge on any atom is -0.383 e. The Morgan fingerprint density at radius 2 is 2.33 bits per heavy atom. The predicted octanol–water partition coefficient (Wildman–Crippen LogP) is 0.658. The minimum atomic E-state index is 0.743. The predicted molar refractivity (Wildman–Crippen MR) is 62.0 cm³/mol. The van der Waals surface area contributed by atoms with Crippen LogP contribution in [0.15, 0.2) is 6.20 Å². The Morgan fingerprint density at radius 3 is 2.87 bits per heavy atom. The van der Waals surface area contributed by atoms with Crippen LogP contribution in [0.5, 0.6) is 0 Å². The van der Waals surface area contributed by atoms with Crippen molar-refractivity contribution in [2.45, 2.75) is 6.54 Å². The molecule has 0 bridgehead atoms. The summed E-state index contributed by atoms with van der Waals surface area (Å²) in [5.41, 5.74) is 0.995. The quantitative estimate of drug-likeness (QED) is 0.687. The van der Waals surface area contributed by atoms with E-state index < -0.39 is 0 Å². The first-order valence-corrected chi connectivity index (χ1v) is 6.01. The minimum absolute atomic E-state index is 0.743.